The number of methoxy groups -OCH3 is 1. The molecule has 1 aliphatic rings. The van der Waals surface area contributed by atoms with Gasteiger partial charge < -0.3 is 4.74 Å². The highest BCUT2D eigenvalue weighted by molar-refractivity contribution is 5.89. The Bertz CT molecular complexity index is 539. The summed E-state index contributed by atoms with van der Waals surface area (Å²) in [6, 6.07) is 12.8. The van der Waals surface area contributed by atoms with Crippen LogP contribution in [0.5, 0.6) is 5.75 Å². The van der Waals surface area contributed by atoms with E-state index >= 15 is 0 Å². The van der Waals surface area contributed by atoms with E-state index in [9.17, 15) is 0 Å². The third kappa shape index (κ3) is 1.38. The molecule has 0 amide bonds. The number of nitrogens with zero attached hydrogens (tertiary/aromatic N) is 1. The van der Waals surface area contributed by atoms with Gasteiger partial charge in [0.05, 0.1) is 7.11 Å². The molecule has 1 atom stereocenters. The largest absolute Gasteiger partial charge is 0.496 e. The Labute approximate surface area is 88.2 Å². The van der Waals surface area contributed by atoms with Crippen molar-refractivity contribution in [3.05, 3.63) is 42.0 Å². The summed E-state index contributed by atoms with van der Waals surface area (Å²) < 4.78 is 5.37. The van der Waals surface area contributed by atoms with Gasteiger partial charge in [-0.2, -0.15) is 0 Å². The van der Waals surface area contributed by atoms with E-state index in [4.69, 9.17) is 4.74 Å². The molecule has 1 heterocycles. The van der Waals surface area contributed by atoms with Crippen LogP contribution in [0, 0.1) is 0 Å². The topological polar surface area (TPSA) is 21.6 Å². The van der Waals surface area contributed by atoms with Crippen LogP contribution in [-0.4, -0.2) is 13.3 Å². The molecule has 0 aromatic heterocycles. The van der Waals surface area contributed by atoms with E-state index in [1.165, 1.54) is 10.8 Å². The number of fused-ring (bicyclic) bond motifs is 1. The van der Waals surface area contributed by atoms with Crippen molar-refractivity contribution in [1.29, 1.82) is 0 Å². The van der Waals surface area contributed by atoms with Gasteiger partial charge >= 0.3 is 0 Å². The quantitative estimate of drug-likeness (QED) is 0.725. The maximum absolute atomic E-state index is 5.37. The molecule has 1 aliphatic heterocycles. The minimum atomic E-state index is 0.240. The Morgan fingerprint density at radius 3 is 2.40 bits per heavy atom. The fourth-order valence-corrected chi connectivity index (χ4v) is 1.85. The molecule has 15 heavy (non-hydrogen) atoms. The maximum Gasteiger partial charge on any atom is 0.125 e. The van der Waals surface area contributed by atoms with Gasteiger partial charge in [0.25, 0.3) is 0 Å². The summed E-state index contributed by atoms with van der Waals surface area (Å²) in [5, 5.41) is 2.45. The van der Waals surface area contributed by atoms with E-state index in [0.717, 1.165) is 11.3 Å². The van der Waals surface area contributed by atoms with Crippen LogP contribution in [0.3, 0.4) is 0 Å². The molecular formula is C13H11NO. The number of benzene rings is 2. The van der Waals surface area contributed by atoms with Gasteiger partial charge in [0.2, 0.25) is 0 Å². The van der Waals surface area contributed by atoms with Gasteiger partial charge in [-0.3, -0.25) is 4.99 Å². The zero-order valence-corrected chi connectivity index (χ0v) is 8.47. The van der Waals surface area contributed by atoms with Gasteiger partial charge in [0.15, 0.2) is 0 Å². The van der Waals surface area contributed by atoms with Gasteiger partial charge in [0, 0.05) is 11.8 Å². The van der Waals surface area contributed by atoms with Gasteiger partial charge in [0.1, 0.15) is 11.8 Å². The summed E-state index contributed by atoms with van der Waals surface area (Å²) in [4.78, 5) is 4.18. The average molecular weight is 197 g/mol. The lowest BCUT2D eigenvalue weighted by atomic mass is 10.0. The third-order valence-electron chi connectivity index (χ3n) is 2.71. The van der Waals surface area contributed by atoms with Crippen LogP contribution in [0.1, 0.15) is 11.6 Å². The highest BCUT2D eigenvalue weighted by atomic mass is 16.5. The highest BCUT2D eigenvalue weighted by Gasteiger charge is 2.20. The van der Waals surface area contributed by atoms with E-state index in [-0.39, 0.29) is 6.04 Å². The van der Waals surface area contributed by atoms with Crippen LogP contribution in [0.15, 0.2) is 41.4 Å². The molecule has 74 valence electrons. The highest BCUT2D eigenvalue weighted by Crippen LogP contribution is 2.35. The number of rotatable bonds is 2. The zero-order chi connectivity index (χ0) is 10.3. The summed E-state index contributed by atoms with van der Waals surface area (Å²) >= 11 is 0. The maximum atomic E-state index is 5.37. The second-order valence-corrected chi connectivity index (χ2v) is 3.68. The normalized spacial score (nSPS) is 18.1. The second-order valence-electron chi connectivity index (χ2n) is 3.68. The molecule has 1 unspecified atom stereocenters. The van der Waals surface area contributed by atoms with Crippen LogP contribution >= 0.6 is 0 Å². The Hall–Kier alpha value is -1.83. The summed E-state index contributed by atoms with van der Waals surface area (Å²) in [6.07, 6.45) is 1.94. The molecule has 2 heteroatoms. The first kappa shape index (κ1) is 8.48. The van der Waals surface area contributed by atoms with Gasteiger partial charge in [-0.25, -0.2) is 0 Å². The van der Waals surface area contributed by atoms with E-state index in [0.29, 0.717) is 0 Å². The molecular weight excluding hydrogens is 186 g/mol. The Morgan fingerprint density at radius 1 is 1.13 bits per heavy atom. The molecule has 0 aliphatic carbocycles. The van der Waals surface area contributed by atoms with Crippen molar-refractivity contribution in [2.75, 3.05) is 7.11 Å². The Morgan fingerprint density at radius 2 is 1.80 bits per heavy atom. The van der Waals surface area contributed by atoms with Gasteiger partial charge in [-0.05, 0) is 22.9 Å². The lowest BCUT2D eigenvalue weighted by Crippen LogP contribution is -1.91. The van der Waals surface area contributed by atoms with Crippen molar-refractivity contribution in [1.82, 2.24) is 0 Å². The SMILES string of the molecule is COc1cc2ccccc2cc1C1C=N1. The van der Waals surface area contributed by atoms with Gasteiger partial charge in [-0.1, -0.05) is 24.3 Å². The van der Waals surface area contributed by atoms with E-state index in [1.54, 1.807) is 7.11 Å². The molecule has 0 spiro atoms. The molecule has 3 rings (SSSR count). The third-order valence-corrected chi connectivity index (χ3v) is 2.71. The number of hydrogen-bond acceptors (Lipinski definition) is 2. The monoisotopic (exact) mass is 197 g/mol. The Balaban J connectivity index is 2.24. The van der Waals surface area contributed by atoms with Crippen molar-refractivity contribution < 1.29 is 4.74 Å². The minimum absolute atomic E-state index is 0.240. The number of aliphatic imine (C=N–C) groups is 1. The lowest BCUT2D eigenvalue weighted by Gasteiger charge is -2.08. The van der Waals surface area contributed by atoms with E-state index in [2.05, 4.69) is 29.3 Å². The molecule has 2 aromatic rings. The van der Waals surface area contributed by atoms with E-state index < -0.39 is 0 Å². The molecule has 0 saturated heterocycles. The summed E-state index contributed by atoms with van der Waals surface area (Å²) in [5.74, 6) is 0.927. The average Bonchev–Trinajstić information content (AvgIpc) is 3.11. The van der Waals surface area contributed by atoms with Crippen LogP contribution in [0.25, 0.3) is 10.8 Å². The molecule has 0 fully saturated rings. The van der Waals surface area contributed by atoms with Crippen LogP contribution < -0.4 is 4.74 Å². The summed E-state index contributed by atoms with van der Waals surface area (Å²) in [6.45, 7) is 0. The van der Waals surface area contributed by atoms with Crippen molar-refractivity contribution in [2.45, 2.75) is 6.04 Å². The summed E-state index contributed by atoms with van der Waals surface area (Å²) in [5.41, 5.74) is 1.16. The fraction of sp³-hybridized carbons (Fsp3) is 0.154. The van der Waals surface area contributed by atoms with Crippen molar-refractivity contribution in [3.8, 4) is 5.75 Å². The Kier molecular flexibility index (Phi) is 1.75. The minimum Gasteiger partial charge on any atom is -0.496 e. The van der Waals surface area contributed by atoms with E-state index in [1.807, 2.05) is 18.3 Å². The first-order valence-electron chi connectivity index (χ1n) is 4.98. The van der Waals surface area contributed by atoms with Crippen LogP contribution in [-0.2, 0) is 0 Å². The standard InChI is InChI=1S/C13H11NO/c1-15-13-7-10-5-3-2-4-9(10)6-11(13)12-8-14-12/h2-8,12H,1H3. The zero-order valence-electron chi connectivity index (χ0n) is 8.47. The predicted molar refractivity (Wildman–Crippen MR) is 61.7 cm³/mol. The van der Waals surface area contributed by atoms with Crippen molar-refractivity contribution in [3.63, 3.8) is 0 Å². The van der Waals surface area contributed by atoms with Gasteiger partial charge in [-0.15, -0.1) is 0 Å². The molecule has 0 N–H and O–H groups in total. The number of ether oxygens (including phenoxy) is 1. The van der Waals surface area contributed by atoms with Crippen LogP contribution in [0.2, 0.25) is 0 Å². The molecule has 2 nitrogen and oxygen atoms in total. The first-order valence-corrected chi connectivity index (χ1v) is 4.98. The molecule has 2 aromatic carbocycles. The fourth-order valence-electron chi connectivity index (χ4n) is 1.85. The lowest BCUT2D eigenvalue weighted by molar-refractivity contribution is 0.411. The number of hydrogen-bond donors (Lipinski definition) is 0. The molecule has 0 saturated carbocycles. The van der Waals surface area contributed by atoms with Crippen molar-refractivity contribution >= 4 is 17.0 Å². The second kappa shape index (κ2) is 3.09. The van der Waals surface area contributed by atoms with Crippen LogP contribution in [0.4, 0.5) is 0 Å². The smallest absolute Gasteiger partial charge is 0.125 e. The molecule has 0 radical (unpaired) electrons. The predicted octanol–water partition coefficient (Wildman–Crippen LogP) is 2.97. The summed E-state index contributed by atoms with van der Waals surface area (Å²) in [7, 11) is 1.70. The van der Waals surface area contributed by atoms with Crippen molar-refractivity contribution in [2.24, 2.45) is 4.99 Å². The first-order chi connectivity index (χ1) is 7.38. The molecule has 0 bridgehead atoms.